The first-order valence-corrected chi connectivity index (χ1v) is 7.10. The molecule has 1 aromatic carbocycles. The molecular weight excluding hydrogens is 314 g/mol. The highest BCUT2D eigenvalue weighted by atomic mass is 35.5. The van der Waals surface area contributed by atoms with Gasteiger partial charge in [-0.2, -0.15) is 0 Å². The summed E-state index contributed by atoms with van der Waals surface area (Å²) in [4.78, 5) is -0.952. The summed E-state index contributed by atoms with van der Waals surface area (Å²) >= 11 is 0. The average molecular weight is 331 g/mol. The molecule has 0 saturated heterocycles. The zero-order chi connectivity index (χ0) is 14.3. The molecule has 2 N–H and O–H groups in total. The number of rotatable bonds is 8. The van der Waals surface area contributed by atoms with Gasteiger partial charge in [-0.15, -0.1) is 12.4 Å². The molecule has 9 heteroatoms. The van der Waals surface area contributed by atoms with Crippen LogP contribution in [0.3, 0.4) is 0 Å². The number of hydrogen-bond acceptors (Lipinski definition) is 4. The predicted molar refractivity (Wildman–Crippen MR) is 73.5 cm³/mol. The monoisotopic (exact) mass is 330 g/mol. The van der Waals surface area contributed by atoms with Gasteiger partial charge in [-0.05, 0) is 12.1 Å². The number of ether oxygens (including phenoxy) is 1. The van der Waals surface area contributed by atoms with E-state index >= 15 is 0 Å². The maximum atomic E-state index is 13.3. The Hall–Kier alpha value is -0.800. The summed E-state index contributed by atoms with van der Waals surface area (Å²) in [6.07, 6.45) is 0. The average Bonchev–Trinajstić information content (AvgIpc) is 2.33. The predicted octanol–water partition coefficient (Wildman–Crippen LogP) is 0.901. The summed E-state index contributed by atoms with van der Waals surface area (Å²) < 4.78 is 57.0. The molecule has 0 radical (unpaired) electrons. The second kappa shape index (κ2) is 9.19. The Kier molecular flexibility index (Phi) is 8.83. The van der Waals surface area contributed by atoms with E-state index in [4.69, 9.17) is 4.74 Å². The highest BCUT2D eigenvalue weighted by Gasteiger charge is 2.22. The van der Waals surface area contributed by atoms with Gasteiger partial charge in [0, 0.05) is 26.7 Å². The second-order valence-corrected chi connectivity index (χ2v) is 5.40. The van der Waals surface area contributed by atoms with Crippen LogP contribution in [0.1, 0.15) is 0 Å². The van der Waals surface area contributed by atoms with E-state index in [1.807, 2.05) is 0 Å². The van der Waals surface area contributed by atoms with Crippen LogP contribution in [-0.2, 0) is 14.8 Å². The van der Waals surface area contributed by atoms with Crippen molar-refractivity contribution in [3.8, 4) is 0 Å². The van der Waals surface area contributed by atoms with E-state index in [0.29, 0.717) is 19.7 Å². The van der Waals surface area contributed by atoms with Crippen molar-refractivity contribution in [3.05, 3.63) is 29.8 Å². The highest BCUT2D eigenvalue weighted by Crippen LogP contribution is 2.17. The molecule has 0 fully saturated rings. The van der Waals surface area contributed by atoms with Crippen LogP contribution in [0.5, 0.6) is 0 Å². The number of nitrogens with one attached hydrogen (secondary N) is 2. The Balaban J connectivity index is 0.00000361. The van der Waals surface area contributed by atoms with Crippen LogP contribution in [-0.4, -0.2) is 41.8 Å². The van der Waals surface area contributed by atoms with E-state index in [9.17, 15) is 17.2 Å². The third-order valence-electron chi connectivity index (χ3n) is 2.26. The van der Waals surface area contributed by atoms with Gasteiger partial charge >= 0.3 is 0 Å². The van der Waals surface area contributed by atoms with Crippen molar-refractivity contribution in [3.63, 3.8) is 0 Å². The molecule has 5 nitrogen and oxygen atoms in total. The van der Waals surface area contributed by atoms with Crippen LogP contribution in [0.4, 0.5) is 8.78 Å². The Morgan fingerprint density at radius 2 is 1.75 bits per heavy atom. The minimum atomic E-state index is -4.19. The van der Waals surface area contributed by atoms with Crippen molar-refractivity contribution >= 4 is 22.4 Å². The third kappa shape index (κ3) is 5.68. The molecule has 0 atom stereocenters. The van der Waals surface area contributed by atoms with Crippen molar-refractivity contribution in [2.24, 2.45) is 0 Å². The molecule has 0 amide bonds. The Labute approximate surface area is 123 Å². The Bertz CT molecular complexity index is 494. The minimum absolute atomic E-state index is 0. The summed E-state index contributed by atoms with van der Waals surface area (Å²) in [6, 6.07) is 2.90. The maximum absolute atomic E-state index is 13.3. The molecular formula is C11H17ClF2N2O3S. The standard InChI is InChI=1S/C11H16F2N2O3S.ClH/c1-18-8-7-14-5-6-15-19(16,17)11-9(12)3-2-4-10(11)13;/h2-4,14-15H,5-8H2,1H3;1H. The molecule has 0 aliphatic carbocycles. The molecule has 20 heavy (non-hydrogen) atoms. The normalized spacial score (nSPS) is 11.2. The van der Waals surface area contributed by atoms with Crippen LogP contribution >= 0.6 is 12.4 Å². The lowest BCUT2D eigenvalue weighted by molar-refractivity contribution is 0.199. The molecule has 0 aliphatic heterocycles. The Morgan fingerprint density at radius 1 is 1.15 bits per heavy atom. The lowest BCUT2D eigenvalue weighted by Gasteiger charge is -2.09. The topological polar surface area (TPSA) is 67.4 Å². The molecule has 0 aromatic heterocycles. The largest absolute Gasteiger partial charge is 0.383 e. The second-order valence-electron chi connectivity index (χ2n) is 3.69. The number of sulfonamides is 1. The molecule has 0 bridgehead atoms. The first-order valence-electron chi connectivity index (χ1n) is 5.62. The van der Waals surface area contributed by atoms with Gasteiger partial charge in [0.1, 0.15) is 11.6 Å². The fourth-order valence-electron chi connectivity index (χ4n) is 1.38. The van der Waals surface area contributed by atoms with Gasteiger partial charge in [0.05, 0.1) is 6.61 Å². The first-order chi connectivity index (χ1) is 8.99. The van der Waals surface area contributed by atoms with E-state index in [2.05, 4.69) is 10.0 Å². The number of halogens is 3. The number of methoxy groups -OCH3 is 1. The summed E-state index contributed by atoms with van der Waals surface area (Å²) in [5.74, 6) is -2.22. The molecule has 0 spiro atoms. The van der Waals surface area contributed by atoms with Crippen molar-refractivity contribution in [2.45, 2.75) is 4.90 Å². The van der Waals surface area contributed by atoms with E-state index < -0.39 is 26.6 Å². The van der Waals surface area contributed by atoms with Crippen LogP contribution in [0, 0.1) is 11.6 Å². The SMILES string of the molecule is COCCNCCNS(=O)(=O)c1c(F)cccc1F.Cl. The smallest absolute Gasteiger partial charge is 0.246 e. The van der Waals surface area contributed by atoms with Gasteiger partial charge in [-0.3, -0.25) is 0 Å². The minimum Gasteiger partial charge on any atom is -0.383 e. The van der Waals surface area contributed by atoms with Gasteiger partial charge in [0.2, 0.25) is 10.0 Å². The lowest BCUT2D eigenvalue weighted by Crippen LogP contribution is -2.33. The molecule has 0 unspecified atom stereocenters. The lowest BCUT2D eigenvalue weighted by atomic mass is 10.3. The van der Waals surface area contributed by atoms with Gasteiger partial charge < -0.3 is 10.1 Å². The number of hydrogen-bond donors (Lipinski definition) is 2. The van der Waals surface area contributed by atoms with E-state index in [1.165, 1.54) is 0 Å². The fraction of sp³-hybridized carbons (Fsp3) is 0.455. The molecule has 0 saturated carbocycles. The summed E-state index contributed by atoms with van der Waals surface area (Å²) in [7, 11) is -2.64. The van der Waals surface area contributed by atoms with Crippen LogP contribution < -0.4 is 10.0 Å². The summed E-state index contributed by atoms with van der Waals surface area (Å²) in [5.41, 5.74) is 0. The van der Waals surface area contributed by atoms with Gasteiger partial charge in [0.25, 0.3) is 0 Å². The van der Waals surface area contributed by atoms with Crippen LogP contribution in [0.15, 0.2) is 23.1 Å². The van der Waals surface area contributed by atoms with Crippen molar-refractivity contribution in [1.82, 2.24) is 10.0 Å². The van der Waals surface area contributed by atoms with E-state index in [1.54, 1.807) is 7.11 Å². The van der Waals surface area contributed by atoms with Crippen LogP contribution in [0.25, 0.3) is 0 Å². The molecule has 1 aromatic rings. The molecule has 1 rings (SSSR count). The van der Waals surface area contributed by atoms with Crippen molar-refractivity contribution in [2.75, 3.05) is 33.4 Å². The van der Waals surface area contributed by atoms with E-state index in [0.717, 1.165) is 18.2 Å². The Morgan fingerprint density at radius 3 is 2.30 bits per heavy atom. The molecule has 116 valence electrons. The summed E-state index contributed by atoms with van der Waals surface area (Å²) in [5, 5.41) is 2.90. The van der Waals surface area contributed by atoms with Gasteiger partial charge in [-0.25, -0.2) is 21.9 Å². The fourth-order valence-corrected chi connectivity index (χ4v) is 2.55. The quantitative estimate of drug-likeness (QED) is 0.695. The molecule has 0 aliphatic rings. The zero-order valence-electron chi connectivity index (χ0n) is 10.9. The van der Waals surface area contributed by atoms with Crippen LogP contribution in [0.2, 0.25) is 0 Å². The summed E-state index contributed by atoms with van der Waals surface area (Å²) in [6.45, 7) is 1.42. The van der Waals surface area contributed by atoms with E-state index in [-0.39, 0.29) is 19.0 Å². The zero-order valence-corrected chi connectivity index (χ0v) is 12.5. The van der Waals surface area contributed by atoms with Crippen molar-refractivity contribution in [1.29, 1.82) is 0 Å². The van der Waals surface area contributed by atoms with Gasteiger partial charge in [-0.1, -0.05) is 6.07 Å². The highest BCUT2D eigenvalue weighted by molar-refractivity contribution is 7.89. The maximum Gasteiger partial charge on any atom is 0.246 e. The van der Waals surface area contributed by atoms with Crippen molar-refractivity contribution < 1.29 is 21.9 Å². The number of benzene rings is 1. The first kappa shape index (κ1) is 19.2. The third-order valence-corrected chi connectivity index (χ3v) is 3.78. The molecule has 0 heterocycles. The van der Waals surface area contributed by atoms with Gasteiger partial charge in [0.15, 0.2) is 4.90 Å².